The molecule has 0 aliphatic carbocycles. The van der Waals surface area contributed by atoms with E-state index in [2.05, 4.69) is 31.2 Å². The minimum atomic E-state index is 0.000227. The maximum absolute atomic E-state index is 13.3. The molecule has 0 atom stereocenters. The van der Waals surface area contributed by atoms with Crippen molar-refractivity contribution >= 4 is 28.8 Å². The van der Waals surface area contributed by atoms with Crippen LogP contribution in [-0.4, -0.2) is 10.8 Å². The Kier molecular flexibility index (Phi) is 4.86. The number of ketones is 1. The summed E-state index contributed by atoms with van der Waals surface area (Å²) in [6.07, 6.45) is 4.11. The number of para-hydroxylation sites is 1. The van der Waals surface area contributed by atoms with E-state index in [1.165, 1.54) is 5.56 Å². The van der Waals surface area contributed by atoms with Gasteiger partial charge in [0.15, 0.2) is 5.78 Å². The number of fused-ring (bicyclic) bond motifs is 1. The molecule has 1 heterocycles. The molecule has 2 nitrogen and oxygen atoms in total. The summed E-state index contributed by atoms with van der Waals surface area (Å²) in [4.78, 5) is 18.0. The number of carbonyl (C=O) groups is 1. The maximum Gasteiger partial charge on any atom is 0.195 e. The molecule has 0 saturated heterocycles. The summed E-state index contributed by atoms with van der Waals surface area (Å²) >= 11 is 0. The first kappa shape index (κ1) is 17.9. The highest BCUT2D eigenvalue weighted by Crippen LogP contribution is 2.27. The van der Waals surface area contributed by atoms with Gasteiger partial charge in [-0.15, -0.1) is 0 Å². The van der Waals surface area contributed by atoms with E-state index in [1.54, 1.807) is 0 Å². The van der Waals surface area contributed by atoms with Gasteiger partial charge in [0.2, 0.25) is 0 Å². The Morgan fingerprint density at radius 3 is 2.36 bits per heavy atom. The van der Waals surface area contributed by atoms with Gasteiger partial charge in [-0.05, 0) is 31.0 Å². The van der Waals surface area contributed by atoms with E-state index in [0.29, 0.717) is 11.1 Å². The number of rotatable bonds is 4. The highest BCUT2D eigenvalue weighted by molar-refractivity contribution is 6.14. The lowest BCUT2D eigenvalue weighted by atomic mass is 9.93. The summed E-state index contributed by atoms with van der Waals surface area (Å²) in [5.41, 5.74) is 6.21. The SMILES string of the molecule is Cc1cccc(/C=C/c2c(C(=O)c3ccccc3)c(C)nc3ccccc23)c1. The summed E-state index contributed by atoms with van der Waals surface area (Å²) in [6, 6.07) is 25.7. The first-order valence-corrected chi connectivity index (χ1v) is 9.37. The quantitative estimate of drug-likeness (QED) is 0.401. The largest absolute Gasteiger partial charge is 0.289 e. The molecule has 0 fully saturated rings. The second-order valence-corrected chi connectivity index (χ2v) is 6.95. The zero-order chi connectivity index (χ0) is 19.5. The molecule has 2 heteroatoms. The van der Waals surface area contributed by atoms with Gasteiger partial charge in [0, 0.05) is 16.6 Å². The molecular formula is C26H21NO. The van der Waals surface area contributed by atoms with Crippen molar-refractivity contribution in [2.24, 2.45) is 0 Å². The fourth-order valence-corrected chi connectivity index (χ4v) is 3.51. The van der Waals surface area contributed by atoms with Crippen LogP contribution in [0.2, 0.25) is 0 Å². The third kappa shape index (κ3) is 3.49. The molecule has 0 aliphatic heterocycles. The van der Waals surface area contributed by atoms with E-state index in [0.717, 1.165) is 27.7 Å². The first-order valence-electron chi connectivity index (χ1n) is 9.37. The number of hydrogen-bond acceptors (Lipinski definition) is 2. The number of nitrogens with zero attached hydrogens (tertiary/aromatic N) is 1. The van der Waals surface area contributed by atoms with Crippen molar-refractivity contribution in [3.8, 4) is 0 Å². The standard InChI is InChI=1S/C26H21NO/c1-18-9-8-10-20(17-18)15-16-23-22-13-6-7-14-24(22)27-19(2)25(23)26(28)21-11-4-3-5-12-21/h3-17H,1-2H3/b16-15+. The normalized spacial score (nSPS) is 11.2. The van der Waals surface area contributed by atoms with E-state index in [1.807, 2.05) is 73.7 Å². The van der Waals surface area contributed by atoms with Gasteiger partial charge in [-0.1, -0.05) is 90.5 Å². The summed E-state index contributed by atoms with van der Waals surface area (Å²) in [7, 11) is 0. The minimum Gasteiger partial charge on any atom is -0.289 e. The Morgan fingerprint density at radius 1 is 0.821 bits per heavy atom. The molecule has 0 aliphatic rings. The molecule has 0 spiro atoms. The van der Waals surface area contributed by atoms with Crippen molar-refractivity contribution in [1.82, 2.24) is 4.98 Å². The second kappa shape index (κ2) is 7.61. The van der Waals surface area contributed by atoms with Crippen molar-refractivity contribution in [2.45, 2.75) is 13.8 Å². The van der Waals surface area contributed by atoms with Gasteiger partial charge in [0.05, 0.1) is 11.1 Å². The van der Waals surface area contributed by atoms with Gasteiger partial charge in [-0.3, -0.25) is 9.78 Å². The monoisotopic (exact) mass is 363 g/mol. The lowest BCUT2D eigenvalue weighted by molar-refractivity contribution is 0.103. The van der Waals surface area contributed by atoms with Gasteiger partial charge < -0.3 is 0 Å². The molecule has 4 rings (SSSR count). The van der Waals surface area contributed by atoms with Crippen molar-refractivity contribution in [3.05, 3.63) is 112 Å². The van der Waals surface area contributed by atoms with Crippen LogP contribution in [0.1, 0.15) is 38.3 Å². The highest BCUT2D eigenvalue weighted by Gasteiger charge is 2.18. The summed E-state index contributed by atoms with van der Waals surface area (Å²) < 4.78 is 0. The predicted octanol–water partition coefficient (Wildman–Crippen LogP) is 6.25. The Bertz CT molecular complexity index is 1190. The van der Waals surface area contributed by atoms with E-state index >= 15 is 0 Å². The van der Waals surface area contributed by atoms with Crippen LogP contribution in [0.3, 0.4) is 0 Å². The fourth-order valence-electron chi connectivity index (χ4n) is 3.51. The Morgan fingerprint density at radius 2 is 1.57 bits per heavy atom. The van der Waals surface area contributed by atoms with Gasteiger partial charge >= 0.3 is 0 Å². The van der Waals surface area contributed by atoms with Gasteiger partial charge in [0.1, 0.15) is 0 Å². The second-order valence-electron chi connectivity index (χ2n) is 6.95. The lowest BCUT2D eigenvalue weighted by Crippen LogP contribution is -2.08. The zero-order valence-electron chi connectivity index (χ0n) is 16.0. The summed E-state index contributed by atoms with van der Waals surface area (Å²) in [6.45, 7) is 3.99. The van der Waals surface area contributed by atoms with E-state index in [9.17, 15) is 4.79 Å². The lowest BCUT2D eigenvalue weighted by Gasteiger charge is -2.12. The molecule has 0 bridgehead atoms. The molecule has 0 unspecified atom stereocenters. The topological polar surface area (TPSA) is 30.0 Å². The van der Waals surface area contributed by atoms with Crippen LogP contribution in [0.25, 0.3) is 23.1 Å². The Balaban J connectivity index is 1.93. The third-order valence-corrected chi connectivity index (χ3v) is 4.86. The maximum atomic E-state index is 13.3. The van der Waals surface area contributed by atoms with Crippen molar-refractivity contribution in [1.29, 1.82) is 0 Å². The zero-order valence-corrected chi connectivity index (χ0v) is 16.0. The molecule has 136 valence electrons. The van der Waals surface area contributed by atoms with Crippen molar-refractivity contribution in [3.63, 3.8) is 0 Å². The Labute approximate surface area is 165 Å². The van der Waals surface area contributed by atoms with E-state index < -0.39 is 0 Å². The molecule has 0 N–H and O–H groups in total. The van der Waals surface area contributed by atoms with Crippen LogP contribution in [0.5, 0.6) is 0 Å². The van der Waals surface area contributed by atoms with E-state index in [4.69, 9.17) is 4.98 Å². The number of benzene rings is 3. The number of pyridine rings is 1. The minimum absolute atomic E-state index is 0.000227. The van der Waals surface area contributed by atoms with Gasteiger partial charge in [0.25, 0.3) is 0 Å². The van der Waals surface area contributed by atoms with Gasteiger partial charge in [-0.25, -0.2) is 0 Å². The number of carbonyl (C=O) groups excluding carboxylic acids is 1. The molecule has 28 heavy (non-hydrogen) atoms. The highest BCUT2D eigenvalue weighted by atomic mass is 16.1. The van der Waals surface area contributed by atoms with Crippen molar-refractivity contribution in [2.75, 3.05) is 0 Å². The number of hydrogen-bond donors (Lipinski definition) is 0. The molecule has 0 amide bonds. The average Bonchev–Trinajstić information content (AvgIpc) is 2.72. The summed E-state index contributed by atoms with van der Waals surface area (Å²) in [5.74, 6) is 0.000227. The van der Waals surface area contributed by atoms with Gasteiger partial charge in [-0.2, -0.15) is 0 Å². The molecule has 0 radical (unpaired) electrons. The predicted molar refractivity (Wildman–Crippen MR) is 116 cm³/mol. The molecule has 1 aromatic heterocycles. The van der Waals surface area contributed by atoms with Crippen LogP contribution in [-0.2, 0) is 0 Å². The smallest absolute Gasteiger partial charge is 0.195 e. The Hall–Kier alpha value is -3.52. The van der Waals surface area contributed by atoms with Crippen LogP contribution in [0, 0.1) is 13.8 Å². The number of aryl methyl sites for hydroxylation is 2. The van der Waals surface area contributed by atoms with Crippen LogP contribution in [0.15, 0.2) is 78.9 Å². The first-order chi connectivity index (χ1) is 13.6. The molecule has 3 aromatic carbocycles. The molecule has 4 aromatic rings. The van der Waals surface area contributed by atoms with Crippen molar-refractivity contribution < 1.29 is 4.79 Å². The third-order valence-electron chi connectivity index (χ3n) is 4.86. The average molecular weight is 363 g/mol. The fraction of sp³-hybridized carbons (Fsp3) is 0.0769. The molecule has 0 saturated carbocycles. The summed E-state index contributed by atoms with van der Waals surface area (Å²) in [5, 5.41) is 0.983. The van der Waals surface area contributed by atoms with Crippen LogP contribution < -0.4 is 0 Å². The van der Waals surface area contributed by atoms with Crippen LogP contribution >= 0.6 is 0 Å². The number of aromatic nitrogens is 1. The molecular weight excluding hydrogens is 342 g/mol. The van der Waals surface area contributed by atoms with E-state index in [-0.39, 0.29) is 5.78 Å². The van der Waals surface area contributed by atoms with Crippen LogP contribution in [0.4, 0.5) is 0 Å².